The first-order valence-corrected chi connectivity index (χ1v) is 10.4. The zero-order chi connectivity index (χ0) is 18.5. The standard InChI is InChI=1S/C22H18N4Se/c1-16-12-14-18(15-13-16)23-22-24-20(17-8-4-2-5-9-17)21(27-22)26-25-19-10-6-3-7-11-19/h2-15H,1H3,(H,23,24). The minimum atomic E-state index is -0.0334. The molecule has 0 bridgehead atoms. The van der Waals surface area contributed by atoms with Crippen molar-refractivity contribution in [1.29, 1.82) is 0 Å². The second-order valence-electron chi connectivity index (χ2n) is 6.07. The van der Waals surface area contributed by atoms with E-state index in [2.05, 4.69) is 58.9 Å². The zero-order valence-electron chi connectivity index (χ0n) is 14.8. The van der Waals surface area contributed by atoms with Gasteiger partial charge in [-0.1, -0.05) is 0 Å². The van der Waals surface area contributed by atoms with Crippen molar-refractivity contribution in [2.45, 2.75) is 6.92 Å². The molecule has 27 heavy (non-hydrogen) atoms. The van der Waals surface area contributed by atoms with Crippen LogP contribution in [0.3, 0.4) is 0 Å². The van der Waals surface area contributed by atoms with Gasteiger partial charge in [0.1, 0.15) is 0 Å². The van der Waals surface area contributed by atoms with Crippen LogP contribution in [0.25, 0.3) is 11.3 Å². The van der Waals surface area contributed by atoms with Gasteiger partial charge in [0.25, 0.3) is 0 Å². The Bertz CT molecular complexity index is 1040. The number of anilines is 2. The van der Waals surface area contributed by atoms with Gasteiger partial charge < -0.3 is 0 Å². The van der Waals surface area contributed by atoms with E-state index >= 15 is 0 Å². The van der Waals surface area contributed by atoms with E-state index in [1.54, 1.807) is 0 Å². The van der Waals surface area contributed by atoms with Gasteiger partial charge in [0.2, 0.25) is 0 Å². The quantitative estimate of drug-likeness (QED) is 0.307. The van der Waals surface area contributed by atoms with Gasteiger partial charge >= 0.3 is 164 Å². The van der Waals surface area contributed by atoms with Crippen molar-refractivity contribution in [2.75, 3.05) is 5.32 Å². The molecule has 0 saturated carbocycles. The van der Waals surface area contributed by atoms with Crippen molar-refractivity contribution in [3.05, 3.63) is 90.5 Å². The second kappa shape index (κ2) is 8.12. The van der Waals surface area contributed by atoms with Crippen LogP contribution in [-0.2, 0) is 0 Å². The fourth-order valence-electron chi connectivity index (χ4n) is 2.58. The maximum atomic E-state index is 4.83. The summed E-state index contributed by atoms with van der Waals surface area (Å²) in [6, 6.07) is 28.3. The summed E-state index contributed by atoms with van der Waals surface area (Å²) >= 11 is -0.0334. The topological polar surface area (TPSA) is 49.6 Å². The first-order chi connectivity index (χ1) is 13.3. The SMILES string of the molecule is Cc1ccc(Nc2nc(-c3ccccc3)c(N=Nc3ccccc3)[se]2)cc1. The molecule has 0 saturated heterocycles. The average molecular weight is 417 g/mol. The summed E-state index contributed by atoms with van der Waals surface area (Å²) in [6.07, 6.45) is 0. The Morgan fingerprint density at radius 3 is 2.15 bits per heavy atom. The Morgan fingerprint density at radius 1 is 0.778 bits per heavy atom. The van der Waals surface area contributed by atoms with Crippen LogP contribution in [0.1, 0.15) is 5.56 Å². The molecule has 4 aromatic rings. The van der Waals surface area contributed by atoms with Crippen LogP contribution in [0.5, 0.6) is 0 Å². The molecule has 3 aromatic carbocycles. The van der Waals surface area contributed by atoms with Crippen LogP contribution in [-0.4, -0.2) is 19.5 Å². The van der Waals surface area contributed by atoms with Gasteiger partial charge in [0.05, 0.1) is 0 Å². The Labute approximate surface area is 164 Å². The molecule has 0 fully saturated rings. The summed E-state index contributed by atoms with van der Waals surface area (Å²) in [7, 11) is 0. The number of azo groups is 1. The predicted molar refractivity (Wildman–Crippen MR) is 112 cm³/mol. The van der Waals surface area contributed by atoms with E-state index in [0.717, 1.165) is 31.9 Å². The van der Waals surface area contributed by atoms with Crippen LogP contribution in [0.15, 0.2) is 95.2 Å². The van der Waals surface area contributed by atoms with E-state index in [1.165, 1.54) is 5.56 Å². The fourth-order valence-corrected chi connectivity index (χ4v) is 4.32. The number of hydrogen-bond acceptors (Lipinski definition) is 4. The number of nitrogens with one attached hydrogen (secondary N) is 1. The summed E-state index contributed by atoms with van der Waals surface area (Å²) in [5, 5.41) is 12.4. The van der Waals surface area contributed by atoms with Gasteiger partial charge in [-0.15, -0.1) is 0 Å². The van der Waals surface area contributed by atoms with Crippen LogP contribution < -0.4 is 5.32 Å². The van der Waals surface area contributed by atoms with E-state index < -0.39 is 0 Å². The fraction of sp³-hybridized carbons (Fsp3) is 0.0455. The molecule has 0 radical (unpaired) electrons. The molecule has 0 aliphatic heterocycles. The molecule has 0 aliphatic rings. The Balaban J connectivity index is 1.68. The van der Waals surface area contributed by atoms with Crippen molar-refractivity contribution < 1.29 is 0 Å². The van der Waals surface area contributed by atoms with Crippen molar-refractivity contribution in [3.8, 4) is 11.3 Å². The first kappa shape index (κ1) is 17.4. The molecular formula is C22H18N4Se. The number of hydrogen-bond donors (Lipinski definition) is 1. The van der Waals surface area contributed by atoms with Crippen LogP contribution in [0.2, 0.25) is 0 Å². The minimum absolute atomic E-state index is 0.0334. The molecule has 0 amide bonds. The average Bonchev–Trinajstić information content (AvgIpc) is 3.12. The molecule has 0 unspecified atom stereocenters. The molecule has 5 heteroatoms. The van der Waals surface area contributed by atoms with Crippen molar-refractivity contribution >= 4 is 35.1 Å². The van der Waals surface area contributed by atoms with Crippen molar-refractivity contribution in [1.82, 2.24) is 4.98 Å². The van der Waals surface area contributed by atoms with Gasteiger partial charge in [-0.25, -0.2) is 0 Å². The van der Waals surface area contributed by atoms with Gasteiger partial charge in [-0.05, 0) is 0 Å². The monoisotopic (exact) mass is 418 g/mol. The van der Waals surface area contributed by atoms with E-state index in [4.69, 9.17) is 4.98 Å². The van der Waals surface area contributed by atoms with Gasteiger partial charge in [0.15, 0.2) is 0 Å². The summed E-state index contributed by atoms with van der Waals surface area (Å²) in [5.41, 5.74) is 5.06. The van der Waals surface area contributed by atoms with Gasteiger partial charge in [-0.3, -0.25) is 0 Å². The molecular weight excluding hydrogens is 399 g/mol. The van der Waals surface area contributed by atoms with Gasteiger partial charge in [-0.2, -0.15) is 0 Å². The third-order valence-corrected chi connectivity index (χ3v) is 5.77. The molecule has 0 spiro atoms. The number of aromatic nitrogens is 1. The normalized spacial score (nSPS) is 11.0. The maximum absolute atomic E-state index is 4.83. The number of nitrogens with zero attached hydrogens (tertiary/aromatic N) is 3. The second-order valence-corrected chi connectivity index (χ2v) is 8.12. The third-order valence-electron chi connectivity index (χ3n) is 3.97. The molecule has 1 heterocycles. The van der Waals surface area contributed by atoms with Crippen LogP contribution >= 0.6 is 0 Å². The molecule has 1 N–H and O–H groups in total. The van der Waals surface area contributed by atoms with E-state index in [0.29, 0.717) is 0 Å². The van der Waals surface area contributed by atoms with E-state index in [9.17, 15) is 0 Å². The molecule has 4 nitrogen and oxygen atoms in total. The molecule has 4 rings (SSSR count). The van der Waals surface area contributed by atoms with Crippen molar-refractivity contribution in [3.63, 3.8) is 0 Å². The van der Waals surface area contributed by atoms with Gasteiger partial charge in [0, 0.05) is 0 Å². The Kier molecular flexibility index (Phi) is 5.24. The zero-order valence-corrected chi connectivity index (χ0v) is 16.5. The van der Waals surface area contributed by atoms with Crippen LogP contribution in [0, 0.1) is 6.92 Å². The Hall–Kier alpha value is -3.01. The summed E-state index contributed by atoms with van der Waals surface area (Å²) in [5.74, 6) is 0. The third kappa shape index (κ3) is 4.40. The molecule has 1 aromatic heterocycles. The number of rotatable bonds is 5. The number of benzene rings is 3. The summed E-state index contributed by atoms with van der Waals surface area (Å²) in [4.78, 5) is 4.83. The Morgan fingerprint density at radius 2 is 1.44 bits per heavy atom. The van der Waals surface area contributed by atoms with Crippen molar-refractivity contribution in [2.24, 2.45) is 10.2 Å². The number of aryl methyl sites for hydroxylation is 1. The molecule has 0 atom stereocenters. The van der Waals surface area contributed by atoms with Crippen LogP contribution in [0.4, 0.5) is 20.6 Å². The summed E-state index contributed by atoms with van der Waals surface area (Å²) in [6.45, 7) is 2.08. The molecule has 0 aliphatic carbocycles. The molecule has 132 valence electrons. The van der Waals surface area contributed by atoms with E-state index in [1.807, 2.05) is 48.5 Å². The predicted octanol–water partition coefficient (Wildman–Crippen LogP) is 6.27. The van der Waals surface area contributed by atoms with E-state index in [-0.39, 0.29) is 14.5 Å². The summed E-state index contributed by atoms with van der Waals surface area (Å²) < 4.78 is 1.86. The first-order valence-electron chi connectivity index (χ1n) is 8.65.